The Labute approximate surface area is 118 Å². The van der Waals surface area contributed by atoms with E-state index in [1.54, 1.807) is 0 Å². The first-order valence-corrected chi connectivity index (χ1v) is 8.01. The molecule has 3 unspecified atom stereocenters. The lowest BCUT2D eigenvalue weighted by molar-refractivity contribution is 0.424. The zero-order valence-corrected chi connectivity index (χ0v) is 12.3. The molecule has 106 valence electrons. The predicted molar refractivity (Wildman–Crippen MR) is 79.2 cm³/mol. The predicted octanol–water partition coefficient (Wildman–Crippen LogP) is 3.86. The van der Waals surface area contributed by atoms with Gasteiger partial charge in [0.05, 0.1) is 0 Å². The van der Waals surface area contributed by atoms with E-state index in [-0.39, 0.29) is 17.6 Å². The van der Waals surface area contributed by atoms with Crippen LogP contribution < -0.4 is 5.32 Å². The molecule has 1 aliphatic carbocycles. The second-order valence-corrected chi connectivity index (χ2v) is 6.76. The van der Waals surface area contributed by atoms with E-state index >= 15 is 0 Å². The third-order valence-electron chi connectivity index (χ3n) is 3.73. The standard InChI is InChI=1S/C15H22FNOS/c1-3-19-13-6-5-12(9-13)17-10(2)14-8-11(16)4-7-15(14)18/h4,7-8,10,12-13,17-18H,3,5-6,9H2,1-2H3. The van der Waals surface area contributed by atoms with Crippen LogP contribution in [-0.4, -0.2) is 22.2 Å². The van der Waals surface area contributed by atoms with Crippen molar-refractivity contribution in [2.45, 2.75) is 50.4 Å². The molecule has 1 saturated carbocycles. The molecule has 1 aliphatic rings. The fraction of sp³-hybridized carbons (Fsp3) is 0.600. The highest BCUT2D eigenvalue weighted by Gasteiger charge is 2.26. The summed E-state index contributed by atoms with van der Waals surface area (Å²) in [5.41, 5.74) is 0.645. The van der Waals surface area contributed by atoms with Crippen molar-refractivity contribution in [1.82, 2.24) is 5.32 Å². The molecule has 0 heterocycles. The van der Waals surface area contributed by atoms with E-state index in [0.29, 0.717) is 11.6 Å². The van der Waals surface area contributed by atoms with E-state index in [0.717, 1.165) is 17.4 Å². The zero-order valence-electron chi connectivity index (χ0n) is 11.5. The Kier molecular flexibility index (Phi) is 5.11. The van der Waals surface area contributed by atoms with Gasteiger partial charge in [-0.1, -0.05) is 6.92 Å². The van der Waals surface area contributed by atoms with Gasteiger partial charge in [0.1, 0.15) is 11.6 Å². The van der Waals surface area contributed by atoms with Crippen LogP contribution in [0.2, 0.25) is 0 Å². The maximum absolute atomic E-state index is 13.2. The Bertz CT molecular complexity index is 427. The van der Waals surface area contributed by atoms with Crippen LogP contribution in [0.15, 0.2) is 18.2 Å². The molecule has 0 saturated heterocycles. The zero-order chi connectivity index (χ0) is 13.8. The number of halogens is 1. The summed E-state index contributed by atoms with van der Waals surface area (Å²) in [6.07, 6.45) is 3.58. The Hall–Kier alpha value is -0.740. The average molecular weight is 283 g/mol. The van der Waals surface area contributed by atoms with E-state index in [1.165, 1.54) is 31.0 Å². The van der Waals surface area contributed by atoms with Crippen LogP contribution in [0.1, 0.15) is 44.7 Å². The molecule has 19 heavy (non-hydrogen) atoms. The Balaban J connectivity index is 1.94. The molecule has 4 heteroatoms. The smallest absolute Gasteiger partial charge is 0.123 e. The molecule has 2 N–H and O–H groups in total. The van der Waals surface area contributed by atoms with Gasteiger partial charge in [-0.15, -0.1) is 0 Å². The third kappa shape index (κ3) is 3.86. The molecule has 1 aromatic rings. The van der Waals surface area contributed by atoms with Crippen LogP contribution in [0.3, 0.4) is 0 Å². The summed E-state index contributed by atoms with van der Waals surface area (Å²) >= 11 is 2.02. The largest absolute Gasteiger partial charge is 0.508 e. The van der Waals surface area contributed by atoms with Crippen LogP contribution in [0.25, 0.3) is 0 Å². The van der Waals surface area contributed by atoms with Crippen molar-refractivity contribution >= 4 is 11.8 Å². The molecule has 1 fully saturated rings. The molecule has 0 bridgehead atoms. The number of thioether (sulfide) groups is 1. The summed E-state index contributed by atoms with van der Waals surface area (Å²) in [5, 5.41) is 14.1. The molecule has 0 amide bonds. The summed E-state index contributed by atoms with van der Waals surface area (Å²) in [5.74, 6) is 1.03. The summed E-state index contributed by atoms with van der Waals surface area (Å²) < 4.78 is 13.2. The fourth-order valence-corrected chi connectivity index (χ4v) is 3.94. The van der Waals surface area contributed by atoms with Gasteiger partial charge in [-0.25, -0.2) is 4.39 Å². The molecular formula is C15H22FNOS. The van der Waals surface area contributed by atoms with Crippen molar-refractivity contribution in [2.24, 2.45) is 0 Å². The SMILES string of the molecule is CCSC1CCC(NC(C)c2cc(F)ccc2O)C1. The minimum absolute atomic E-state index is 0.0222. The second kappa shape index (κ2) is 6.62. The number of hydrogen-bond donors (Lipinski definition) is 2. The topological polar surface area (TPSA) is 32.3 Å². The monoisotopic (exact) mass is 283 g/mol. The third-order valence-corrected chi connectivity index (χ3v) is 4.96. The van der Waals surface area contributed by atoms with Crippen LogP contribution in [0.5, 0.6) is 5.75 Å². The average Bonchev–Trinajstić information content (AvgIpc) is 2.80. The maximum Gasteiger partial charge on any atom is 0.123 e. The van der Waals surface area contributed by atoms with Gasteiger partial charge in [0, 0.05) is 22.9 Å². The number of phenols is 1. The number of hydrogen-bond acceptors (Lipinski definition) is 3. The van der Waals surface area contributed by atoms with E-state index < -0.39 is 0 Å². The van der Waals surface area contributed by atoms with E-state index in [1.807, 2.05) is 18.7 Å². The van der Waals surface area contributed by atoms with Gasteiger partial charge < -0.3 is 10.4 Å². The molecule has 2 rings (SSSR count). The van der Waals surface area contributed by atoms with Crippen molar-refractivity contribution in [1.29, 1.82) is 0 Å². The normalized spacial score (nSPS) is 24.6. The molecule has 3 atom stereocenters. The summed E-state index contributed by atoms with van der Waals surface area (Å²) in [6.45, 7) is 4.17. The maximum atomic E-state index is 13.2. The molecule has 0 radical (unpaired) electrons. The summed E-state index contributed by atoms with van der Waals surface area (Å²) in [4.78, 5) is 0. The van der Waals surface area contributed by atoms with Crippen LogP contribution >= 0.6 is 11.8 Å². The van der Waals surface area contributed by atoms with Crippen LogP contribution in [0.4, 0.5) is 4.39 Å². The van der Waals surface area contributed by atoms with E-state index in [2.05, 4.69) is 12.2 Å². The van der Waals surface area contributed by atoms with Crippen molar-refractivity contribution in [2.75, 3.05) is 5.75 Å². The van der Waals surface area contributed by atoms with Crippen molar-refractivity contribution < 1.29 is 9.50 Å². The van der Waals surface area contributed by atoms with Crippen molar-refractivity contribution in [3.63, 3.8) is 0 Å². The van der Waals surface area contributed by atoms with Gasteiger partial charge in [0.15, 0.2) is 0 Å². The highest BCUT2D eigenvalue weighted by atomic mass is 32.2. The Morgan fingerprint density at radius 1 is 1.47 bits per heavy atom. The van der Waals surface area contributed by atoms with Gasteiger partial charge in [-0.05, 0) is 50.1 Å². The van der Waals surface area contributed by atoms with Gasteiger partial charge in [-0.2, -0.15) is 11.8 Å². The first-order valence-electron chi connectivity index (χ1n) is 6.96. The highest BCUT2D eigenvalue weighted by molar-refractivity contribution is 7.99. The number of phenolic OH excluding ortho intramolecular Hbond substituents is 1. The number of nitrogens with one attached hydrogen (secondary N) is 1. The quantitative estimate of drug-likeness (QED) is 0.860. The van der Waals surface area contributed by atoms with Crippen molar-refractivity contribution in [3.8, 4) is 5.75 Å². The highest BCUT2D eigenvalue weighted by Crippen LogP contribution is 2.32. The van der Waals surface area contributed by atoms with E-state index in [9.17, 15) is 9.50 Å². The van der Waals surface area contributed by atoms with Gasteiger partial charge in [-0.3, -0.25) is 0 Å². The molecule has 0 aliphatic heterocycles. The molecular weight excluding hydrogens is 261 g/mol. The van der Waals surface area contributed by atoms with Gasteiger partial charge >= 0.3 is 0 Å². The summed E-state index contributed by atoms with van der Waals surface area (Å²) in [7, 11) is 0. The second-order valence-electron chi connectivity index (χ2n) is 5.18. The molecule has 0 aromatic heterocycles. The molecule has 2 nitrogen and oxygen atoms in total. The van der Waals surface area contributed by atoms with Crippen molar-refractivity contribution in [3.05, 3.63) is 29.6 Å². The molecule has 1 aromatic carbocycles. The first-order chi connectivity index (χ1) is 9.10. The minimum Gasteiger partial charge on any atom is -0.508 e. The fourth-order valence-electron chi connectivity index (χ4n) is 2.79. The van der Waals surface area contributed by atoms with Gasteiger partial charge in [0.2, 0.25) is 0 Å². The lowest BCUT2D eigenvalue weighted by atomic mass is 10.1. The summed E-state index contributed by atoms with van der Waals surface area (Å²) in [6, 6.07) is 4.58. The first kappa shape index (κ1) is 14.7. The number of rotatable bonds is 5. The number of benzene rings is 1. The van der Waals surface area contributed by atoms with E-state index in [4.69, 9.17) is 0 Å². The van der Waals surface area contributed by atoms with Crippen LogP contribution in [-0.2, 0) is 0 Å². The van der Waals surface area contributed by atoms with Crippen LogP contribution in [0, 0.1) is 5.82 Å². The number of aromatic hydroxyl groups is 1. The van der Waals surface area contributed by atoms with Gasteiger partial charge in [0.25, 0.3) is 0 Å². The Morgan fingerprint density at radius 3 is 3.00 bits per heavy atom. The minimum atomic E-state index is -0.299. The molecule has 0 spiro atoms. The lowest BCUT2D eigenvalue weighted by Crippen LogP contribution is -2.29. The lowest BCUT2D eigenvalue weighted by Gasteiger charge is -2.21. The Morgan fingerprint density at radius 2 is 2.26 bits per heavy atom.